The summed E-state index contributed by atoms with van der Waals surface area (Å²) in [7, 11) is -2.42. The number of carbonyl (C=O) groups is 1. The molecule has 0 aliphatic heterocycles. The van der Waals surface area contributed by atoms with Gasteiger partial charge in [0.2, 0.25) is 5.91 Å². The molecule has 0 heterocycles. The molecule has 1 atom stereocenters. The maximum atomic E-state index is 12.4. The van der Waals surface area contributed by atoms with E-state index in [1.807, 2.05) is 6.92 Å². The SMILES string of the molecule is CCCNC(=O)C(C)S(=O)(=O)c1cc(OC)ccc1N. The first-order valence-corrected chi connectivity index (χ1v) is 7.84. The van der Waals surface area contributed by atoms with Crippen LogP contribution in [-0.2, 0) is 14.6 Å². The first-order chi connectivity index (χ1) is 9.34. The van der Waals surface area contributed by atoms with Crippen LogP contribution in [0, 0.1) is 0 Å². The fourth-order valence-electron chi connectivity index (χ4n) is 1.61. The Morgan fingerprint density at radius 2 is 2.10 bits per heavy atom. The molecular formula is C13H20N2O4S. The molecule has 6 nitrogen and oxygen atoms in total. The molecule has 3 N–H and O–H groups in total. The van der Waals surface area contributed by atoms with Gasteiger partial charge in [-0.2, -0.15) is 0 Å². The third-order valence-corrected chi connectivity index (χ3v) is 5.02. The Morgan fingerprint density at radius 1 is 1.45 bits per heavy atom. The highest BCUT2D eigenvalue weighted by Gasteiger charge is 2.31. The van der Waals surface area contributed by atoms with Crippen molar-refractivity contribution in [2.45, 2.75) is 30.4 Å². The van der Waals surface area contributed by atoms with E-state index in [0.29, 0.717) is 12.3 Å². The summed E-state index contributed by atoms with van der Waals surface area (Å²) < 4.78 is 29.8. The van der Waals surface area contributed by atoms with Crippen LogP contribution in [0.4, 0.5) is 5.69 Å². The molecule has 112 valence electrons. The van der Waals surface area contributed by atoms with E-state index in [4.69, 9.17) is 10.5 Å². The molecule has 7 heteroatoms. The van der Waals surface area contributed by atoms with Crippen LogP contribution in [0.3, 0.4) is 0 Å². The molecule has 0 aromatic heterocycles. The zero-order chi connectivity index (χ0) is 15.3. The van der Waals surface area contributed by atoms with Crippen LogP contribution in [0.25, 0.3) is 0 Å². The van der Waals surface area contributed by atoms with Crippen molar-refractivity contribution in [3.05, 3.63) is 18.2 Å². The number of nitrogens with two attached hydrogens (primary N) is 1. The second-order valence-electron chi connectivity index (χ2n) is 4.38. The maximum absolute atomic E-state index is 12.4. The van der Waals surface area contributed by atoms with Crippen molar-refractivity contribution < 1.29 is 17.9 Å². The lowest BCUT2D eigenvalue weighted by atomic mass is 10.3. The molecule has 0 radical (unpaired) electrons. The summed E-state index contributed by atoms with van der Waals surface area (Å²) in [5.41, 5.74) is 5.80. The van der Waals surface area contributed by atoms with E-state index in [9.17, 15) is 13.2 Å². The summed E-state index contributed by atoms with van der Waals surface area (Å²) in [5, 5.41) is 1.36. The molecular weight excluding hydrogens is 280 g/mol. The van der Waals surface area contributed by atoms with Gasteiger partial charge in [0, 0.05) is 12.6 Å². The van der Waals surface area contributed by atoms with E-state index in [1.54, 1.807) is 6.07 Å². The molecule has 0 saturated heterocycles. The lowest BCUT2D eigenvalue weighted by Crippen LogP contribution is -2.38. The smallest absolute Gasteiger partial charge is 0.238 e. The summed E-state index contributed by atoms with van der Waals surface area (Å²) in [6.07, 6.45) is 0.736. The largest absolute Gasteiger partial charge is 0.497 e. The molecule has 0 aliphatic rings. The quantitative estimate of drug-likeness (QED) is 0.763. The van der Waals surface area contributed by atoms with Gasteiger partial charge in [-0.05, 0) is 25.5 Å². The number of carbonyl (C=O) groups excluding carboxylic acids is 1. The summed E-state index contributed by atoms with van der Waals surface area (Å²) in [4.78, 5) is 11.7. The number of ether oxygens (including phenoxy) is 1. The van der Waals surface area contributed by atoms with Gasteiger partial charge in [-0.15, -0.1) is 0 Å². The van der Waals surface area contributed by atoms with E-state index < -0.39 is 21.0 Å². The Morgan fingerprint density at radius 3 is 2.65 bits per heavy atom. The normalized spacial score (nSPS) is 12.8. The van der Waals surface area contributed by atoms with Crippen molar-refractivity contribution in [2.24, 2.45) is 0 Å². The van der Waals surface area contributed by atoms with Gasteiger partial charge in [0.05, 0.1) is 17.7 Å². The molecule has 0 saturated carbocycles. The molecule has 1 unspecified atom stereocenters. The highest BCUT2D eigenvalue weighted by Crippen LogP contribution is 2.27. The van der Waals surface area contributed by atoms with E-state index >= 15 is 0 Å². The average Bonchev–Trinajstić information content (AvgIpc) is 2.44. The number of anilines is 1. The Hall–Kier alpha value is -1.76. The number of benzene rings is 1. The van der Waals surface area contributed by atoms with Crippen LogP contribution < -0.4 is 15.8 Å². The van der Waals surface area contributed by atoms with Gasteiger partial charge < -0.3 is 15.8 Å². The lowest BCUT2D eigenvalue weighted by molar-refractivity contribution is -0.120. The molecule has 0 fully saturated rings. The third kappa shape index (κ3) is 3.41. The number of sulfone groups is 1. The Labute approximate surface area is 119 Å². The highest BCUT2D eigenvalue weighted by molar-refractivity contribution is 7.93. The molecule has 0 bridgehead atoms. The van der Waals surface area contributed by atoms with Crippen molar-refractivity contribution in [3.8, 4) is 5.75 Å². The Balaban J connectivity index is 3.13. The zero-order valence-electron chi connectivity index (χ0n) is 11.8. The van der Waals surface area contributed by atoms with E-state index in [2.05, 4.69) is 5.32 Å². The van der Waals surface area contributed by atoms with Crippen LogP contribution in [0.15, 0.2) is 23.1 Å². The fourth-order valence-corrected chi connectivity index (χ4v) is 3.03. The van der Waals surface area contributed by atoms with Crippen molar-refractivity contribution in [3.63, 3.8) is 0 Å². The topological polar surface area (TPSA) is 98.5 Å². The van der Waals surface area contributed by atoms with Crippen molar-refractivity contribution >= 4 is 21.4 Å². The number of rotatable bonds is 6. The summed E-state index contributed by atoms with van der Waals surface area (Å²) in [5.74, 6) is -0.159. The van der Waals surface area contributed by atoms with Crippen molar-refractivity contribution in [2.75, 3.05) is 19.4 Å². The first-order valence-electron chi connectivity index (χ1n) is 6.29. The predicted molar refractivity (Wildman–Crippen MR) is 77.4 cm³/mol. The predicted octanol–water partition coefficient (Wildman–Crippen LogP) is 0.966. The van der Waals surface area contributed by atoms with Gasteiger partial charge in [-0.1, -0.05) is 6.92 Å². The van der Waals surface area contributed by atoms with Crippen molar-refractivity contribution in [1.82, 2.24) is 5.32 Å². The van der Waals surface area contributed by atoms with Crippen LogP contribution >= 0.6 is 0 Å². The first kappa shape index (κ1) is 16.3. The van der Waals surface area contributed by atoms with E-state index in [1.165, 1.54) is 26.2 Å². The standard InChI is InChI=1S/C13H20N2O4S/c1-4-7-15-13(16)9(2)20(17,18)12-8-10(19-3)5-6-11(12)14/h5-6,8-9H,4,7,14H2,1-3H3,(H,15,16). The minimum atomic E-state index is -3.85. The third-order valence-electron chi connectivity index (χ3n) is 2.91. The molecule has 1 amide bonds. The van der Waals surface area contributed by atoms with Gasteiger partial charge in [0.15, 0.2) is 9.84 Å². The number of nitrogen functional groups attached to an aromatic ring is 1. The fraction of sp³-hybridized carbons (Fsp3) is 0.462. The molecule has 0 spiro atoms. The molecule has 20 heavy (non-hydrogen) atoms. The monoisotopic (exact) mass is 300 g/mol. The van der Waals surface area contributed by atoms with Crippen LogP contribution in [0.5, 0.6) is 5.75 Å². The van der Waals surface area contributed by atoms with Gasteiger partial charge in [-0.25, -0.2) is 8.42 Å². The molecule has 1 aromatic carbocycles. The van der Waals surface area contributed by atoms with Crippen LogP contribution in [0.1, 0.15) is 20.3 Å². The number of methoxy groups -OCH3 is 1. The van der Waals surface area contributed by atoms with Crippen molar-refractivity contribution in [1.29, 1.82) is 0 Å². The lowest BCUT2D eigenvalue weighted by Gasteiger charge is -2.15. The average molecular weight is 300 g/mol. The summed E-state index contributed by atoms with van der Waals surface area (Å²) in [6, 6.07) is 4.34. The molecule has 0 aliphatic carbocycles. The highest BCUT2D eigenvalue weighted by atomic mass is 32.2. The maximum Gasteiger partial charge on any atom is 0.238 e. The van der Waals surface area contributed by atoms with Gasteiger partial charge in [-0.3, -0.25) is 4.79 Å². The number of hydrogen-bond acceptors (Lipinski definition) is 5. The zero-order valence-corrected chi connectivity index (χ0v) is 12.7. The Kier molecular flexibility index (Phi) is 5.38. The minimum Gasteiger partial charge on any atom is -0.497 e. The summed E-state index contributed by atoms with van der Waals surface area (Å²) >= 11 is 0. The van der Waals surface area contributed by atoms with E-state index in [-0.39, 0.29) is 10.6 Å². The second kappa shape index (κ2) is 6.60. The number of nitrogens with one attached hydrogen (secondary N) is 1. The minimum absolute atomic E-state index is 0.0870. The number of hydrogen-bond donors (Lipinski definition) is 2. The van der Waals surface area contributed by atoms with Crippen LogP contribution in [-0.4, -0.2) is 33.2 Å². The molecule has 1 rings (SSSR count). The Bertz CT molecular complexity index is 584. The van der Waals surface area contributed by atoms with Crippen LogP contribution in [0.2, 0.25) is 0 Å². The number of amides is 1. The van der Waals surface area contributed by atoms with Gasteiger partial charge >= 0.3 is 0 Å². The van der Waals surface area contributed by atoms with Gasteiger partial charge in [0.1, 0.15) is 11.0 Å². The second-order valence-corrected chi connectivity index (χ2v) is 6.62. The molecule has 1 aromatic rings. The summed E-state index contributed by atoms with van der Waals surface area (Å²) in [6.45, 7) is 3.67. The van der Waals surface area contributed by atoms with E-state index in [0.717, 1.165) is 6.42 Å². The van der Waals surface area contributed by atoms with Gasteiger partial charge in [0.25, 0.3) is 0 Å².